The van der Waals surface area contributed by atoms with Crippen LogP contribution in [0.5, 0.6) is 11.5 Å². The molecule has 0 aliphatic carbocycles. The van der Waals surface area contributed by atoms with Crippen LogP contribution in [0.15, 0.2) is 41.6 Å². The minimum absolute atomic E-state index is 0.145. The van der Waals surface area contributed by atoms with Crippen LogP contribution in [-0.2, 0) is 6.61 Å². The normalized spacial score (nSPS) is 10.2. The number of phenols is 1. The van der Waals surface area contributed by atoms with Crippen LogP contribution < -0.4 is 4.74 Å². The molecule has 0 amide bonds. The average molecular weight is 278 g/mol. The number of hydrogen-bond donors (Lipinski definition) is 1. The van der Waals surface area contributed by atoms with Crippen LogP contribution in [-0.4, -0.2) is 5.11 Å². The van der Waals surface area contributed by atoms with Crippen molar-refractivity contribution >= 4 is 17.3 Å². The van der Waals surface area contributed by atoms with Crippen molar-refractivity contribution in [3.8, 4) is 11.5 Å². The Hall–Kier alpha value is -2.07. The Balaban J connectivity index is 2.21. The maximum absolute atomic E-state index is 10.7. The van der Waals surface area contributed by atoms with Crippen molar-refractivity contribution in [2.24, 2.45) is 5.18 Å². The van der Waals surface area contributed by atoms with Gasteiger partial charge in [-0.25, -0.2) is 0 Å². The van der Waals surface area contributed by atoms with Gasteiger partial charge in [-0.3, -0.25) is 0 Å². The summed E-state index contributed by atoms with van der Waals surface area (Å²) in [6, 6.07) is 9.72. The molecule has 4 nitrogen and oxygen atoms in total. The van der Waals surface area contributed by atoms with Crippen molar-refractivity contribution in [1.82, 2.24) is 0 Å². The van der Waals surface area contributed by atoms with E-state index in [-0.39, 0.29) is 18.0 Å². The molecule has 0 unspecified atom stereocenters. The first-order chi connectivity index (χ1) is 9.11. The molecule has 0 fully saturated rings. The van der Waals surface area contributed by atoms with Crippen LogP contribution in [0, 0.1) is 11.8 Å². The molecule has 2 aromatic carbocycles. The standard InChI is InChI=1S/C14H12ClNO3/c1-9-7-10(17)5-6-14(9)19-8-11-12(15)3-2-4-13(11)16-18/h2-7,17H,8H2,1H3. The van der Waals surface area contributed by atoms with Gasteiger partial charge in [-0.15, -0.1) is 4.91 Å². The molecule has 0 atom stereocenters. The first-order valence-electron chi connectivity index (χ1n) is 5.65. The summed E-state index contributed by atoms with van der Waals surface area (Å²) in [6.45, 7) is 1.97. The van der Waals surface area contributed by atoms with Gasteiger partial charge in [-0.05, 0) is 48.0 Å². The van der Waals surface area contributed by atoms with Gasteiger partial charge in [-0.2, -0.15) is 0 Å². The van der Waals surface area contributed by atoms with Crippen LogP contribution in [0.3, 0.4) is 0 Å². The molecular formula is C14H12ClNO3. The summed E-state index contributed by atoms with van der Waals surface area (Å²) in [7, 11) is 0. The number of rotatable bonds is 4. The zero-order valence-electron chi connectivity index (χ0n) is 10.3. The summed E-state index contributed by atoms with van der Waals surface area (Å²) >= 11 is 6.02. The molecule has 0 spiro atoms. The third kappa shape index (κ3) is 3.03. The Morgan fingerprint density at radius 2 is 2.11 bits per heavy atom. The lowest BCUT2D eigenvalue weighted by Crippen LogP contribution is -1.98. The minimum atomic E-state index is 0.145. The maximum atomic E-state index is 10.7. The molecule has 0 heterocycles. The van der Waals surface area contributed by atoms with Crippen LogP contribution in [0.25, 0.3) is 0 Å². The number of nitrogens with zero attached hydrogens (tertiary/aromatic N) is 1. The zero-order valence-corrected chi connectivity index (χ0v) is 11.0. The highest BCUT2D eigenvalue weighted by Crippen LogP contribution is 2.29. The zero-order chi connectivity index (χ0) is 13.8. The highest BCUT2D eigenvalue weighted by Gasteiger charge is 2.09. The fraction of sp³-hybridized carbons (Fsp3) is 0.143. The Labute approximate surface area is 115 Å². The maximum Gasteiger partial charge on any atom is 0.122 e. The summed E-state index contributed by atoms with van der Waals surface area (Å²) in [5, 5.41) is 12.7. The molecule has 0 bridgehead atoms. The lowest BCUT2D eigenvalue weighted by Gasteiger charge is -2.11. The third-order valence-electron chi connectivity index (χ3n) is 2.72. The van der Waals surface area contributed by atoms with Gasteiger partial charge in [0.05, 0.1) is 0 Å². The van der Waals surface area contributed by atoms with Gasteiger partial charge >= 0.3 is 0 Å². The number of benzene rings is 2. The second-order valence-corrected chi connectivity index (χ2v) is 4.47. The van der Waals surface area contributed by atoms with Crippen molar-refractivity contribution in [2.75, 3.05) is 0 Å². The van der Waals surface area contributed by atoms with Gasteiger partial charge < -0.3 is 9.84 Å². The second kappa shape index (κ2) is 5.71. The quantitative estimate of drug-likeness (QED) is 0.846. The monoisotopic (exact) mass is 277 g/mol. The van der Waals surface area contributed by atoms with Crippen LogP contribution in [0.1, 0.15) is 11.1 Å². The van der Waals surface area contributed by atoms with Crippen molar-refractivity contribution in [2.45, 2.75) is 13.5 Å². The average Bonchev–Trinajstić information content (AvgIpc) is 2.39. The molecule has 98 valence electrons. The highest BCUT2D eigenvalue weighted by atomic mass is 35.5. The summed E-state index contributed by atoms with van der Waals surface area (Å²) in [5.41, 5.74) is 1.61. The van der Waals surface area contributed by atoms with E-state index in [1.165, 1.54) is 6.07 Å². The van der Waals surface area contributed by atoms with Crippen molar-refractivity contribution in [3.63, 3.8) is 0 Å². The number of halogens is 1. The topological polar surface area (TPSA) is 58.9 Å². The second-order valence-electron chi connectivity index (χ2n) is 4.07. The molecule has 0 radical (unpaired) electrons. The Bertz CT molecular complexity index is 614. The fourth-order valence-electron chi connectivity index (χ4n) is 1.72. The van der Waals surface area contributed by atoms with E-state index in [0.29, 0.717) is 16.3 Å². The van der Waals surface area contributed by atoms with Gasteiger partial charge in [0, 0.05) is 10.6 Å². The Morgan fingerprint density at radius 1 is 1.32 bits per heavy atom. The fourth-order valence-corrected chi connectivity index (χ4v) is 1.95. The first kappa shape index (κ1) is 13.4. The molecule has 0 aromatic heterocycles. The van der Waals surface area contributed by atoms with E-state index in [9.17, 15) is 10.0 Å². The molecule has 2 rings (SSSR count). The molecule has 0 saturated carbocycles. The Morgan fingerprint density at radius 3 is 2.79 bits per heavy atom. The number of phenolic OH excluding ortho intramolecular Hbond substituents is 1. The summed E-state index contributed by atoms with van der Waals surface area (Å²) < 4.78 is 5.61. The van der Waals surface area contributed by atoms with E-state index in [1.54, 1.807) is 30.3 Å². The molecule has 0 aliphatic rings. The van der Waals surface area contributed by atoms with E-state index in [1.807, 2.05) is 6.92 Å². The third-order valence-corrected chi connectivity index (χ3v) is 3.08. The number of aromatic hydroxyl groups is 1. The van der Waals surface area contributed by atoms with Gasteiger partial charge in [0.25, 0.3) is 0 Å². The predicted molar refractivity (Wildman–Crippen MR) is 74.1 cm³/mol. The van der Waals surface area contributed by atoms with E-state index in [0.717, 1.165) is 5.56 Å². The highest BCUT2D eigenvalue weighted by molar-refractivity contribution is 6.31. The number of ether oxygens (including phenoxy) is 1. The van der Waals surface area contributed by atoms with Crippen LogP contribution in [0.4, 0.5) is 5.69 Å². The largest absolute Gasteiger partial charge is 0.508 e. The lowest BCUT2D eigenvalue weighted by atomic mass is 10.2. The van der Waals surface area contributed by atoms with Crippen LogP contribution >= 0.6 is 11.6 Å². The van der Waals surface area contributed by atoms with E-state index in [4.69, 9.17) is 16.3 Å². The van der Waals surface area contributed by atoms with Crippen molar-refractivity contribution in [3.05, 3.63) is 57.5 Å². The smallest absolute Gasteiger partial charge is 0.122 e. The number of aryl methyl sites for hydroxylation is 1. The SMILES string of the molecule is Cc1cc(O)ccc1OCc1c(Cl)cccc1N=O. The van der Waals surface area contributed by atoms with Gasteiger partial charge in [0.1, 0.15) is 23.8 Å². The molecule has 2 aromatic rings. The van der Waals surface area contributed by atoms with E-state index < -0.39 is 0 Å². The van der Waals surface area contributed by atoms with E-state index in [2.05, 4.69) is 5.18 Å². The van der Waals surface area contributed by atoms with Crippen molar-refractivity contribution < 1.29 is 9.84 Å². The van der Waals surface area contributed by atoms with E-state index >= 15 is 0 Å². The summed E-state index contributed by atoms with van der Waals surface area (Å²) in [6.07, 6.45) is 0. The Kier molecular flexibility index (Phi) is 4.02. The molecular weight excluding hydrogens is 266 g/mol. The molecule has 1 N–H and O–H groups in total. The first-order valence-corrected chi connectivity index (χ1v) is 6.03. The molecule has 0 saturated heterocycles. The molecule has 0 aliphatic heterocycles. The molecule has 19 heavy (non-hydrogen) atoms. The van der Waals surface area contributed by atoms with Gasteiger partial charge in [0.15, 0.2) is 0 Å². The van der Waals surface area contributed by atoms with Gasteiger partial charge in [-0.1, -0.05) is 17.7 Å². The lowest BCUT2D eigenvalue weighted by molar-refractivity contribution is 0.304. The van der Waals surface area contributed by atoms with Gasteiger partial charge in [0.2, 0.25) is 0 Å². The summed E-state index contributed by atoms with van der Waals surface area (Å²) in [5.74, 6) is 0.799. The van der Waals surface area contributed by atoms with Crippen LogP contribution in [0.2, 0.25) is 5.02 Å². The number of nitroso groups, excluding NO2 is 1. The number of hydrogen-bond acceptors (Lipinski definition) is 4. The predicted octanol–water partition coefficient (Wildman–Crippen LogP) is 4.33. The minimum Gasteiger partial charge on any atom is -0.508 e. The molecule has 5 heteroatoms. The van der Waals surface area contributed by atoms with Crippen molar-refractivity contribution in [1.29, 1.82) is 0 Å². The summed E-state index contributed by atoms with van der Waals surface area (Å²) in [4.78, 5) is 10.7.